The Hall–Kier alpha value is -1.30. The van der Waals surface area contributed by atoms with Crippen LogP contribution in [0.3, 0.4) is 0 Å². The van der Waals surface area contributed by atoms with E-state index >= 15 is 0 Å². The van der Waals surface area contributed by atoms with E-state index in [1.165, 1.54) is 6.92 Å². The van der Waals surface area contributed by atoms with Crippen LogP contribution >= 0.6 is 11.8 Å². The normalized spacial score (nSPS) is 26.0. The van der Waals surface area contributed by atoms with Crippen LogP contribution < -0.4 is 0 Å². The van der Waals surface area contributed by atoms with Gasteiger partial charge in [-0.15, -0.1) is 0 Å². The number of esters is 1. The Balaban J connectivity index is 1.87. The summed E-state index contributed by atoms with van der Waals surface area (Å²) in [5, 5.41) is 1.97. The van der Waals surface area contributed by atoms with Gasteiger partial charge in [-0.25, -0.2) is 0 Å². The molecule has 0 amide bonds. The summed E-state index contributed by atoms with van der Waals surface area (Å²) < 4.78 is 16.2. The molecule has 1 aromatic carbocycles. The van der Waals surface area contributed by atoms with Gasteiger partial charge in [0.1, 0.15) is 18.8 Å². The number of thioether (sulfide) groups is 1. The fourth-order valence-electron chi connectivity index (χ4n) is 1.86. The molecule has 4 nitrogen and oxygen atoms in total. The minimum atomic E-state index is -0.311. The van der Waals surface area contributed by atoms with Gasteiger partial charge in [-0.2, -0.15) is 0 Å². The summed E-state index contributed by atoms with van der Waals surface area (Å²) in [4.78, 5) is 12.0. The molecule has 0 spiro atoms. The first-order chi connectivity index (χ1) is 9.65. The third-order valence-corrected chi connectivity index (χ3v) is 3.59. The van der Waals surface area contributed by atoms with Crippen molar-refractivity contribution in [2.75, 3.05) is 6.61 Å². The van der Waals surface area contributed by atoms with Crippen molar-refractivity contribution in [1.29, 1.82) is 0 Å². The van der Waals surface area contributed by atoms with Crippen LogP contribution in [-0.4, -0.2) is 31.1 Å². The topological polar surface area (TPSA) is 44.8 Å². The van der Waals surface area contributed by atoms with Crippen LogP contribution in [0.4, 0.5) is 0 Å². The van der Waals surface area contributed by atoms with Crippen molar-refractivity contribution >= 4 is 17.7 Å². The van der Waals surface area contributed by atoms with E-state index in [0.717, 1.165) is 4.90 Å². The molecule has 0 saturated carbocycles. The van der Waals surface area contributed by atoms with Crippen molar-refractivity contribution in [2.45, 2.75) is 37.2 Å². The maximum Gasteiger partial charge on any atom is 0.302 e. The Morgan fingerprint density at radius 3 is 2.80 bits per heavy atom. The molecule has 5 heteroatoms. The SMILES string of the molecule is CC(=O)OC[C@H]1O[C@@H](C)O[C@H]1/C=C/Sc1ccccc1. The average molecular weight is 294 g/mol. The van der Waals surface area contributed by atoms with Gasteiger partial charge in [0.15, 0.2) is 6.29 Å². The van der Waals surface area contributed by atoms with Gasteiger partial charge in [0.05, 0.1) is 0 Å². The first-order valence-corrected chi connectivity index (χ1v) is 7.36. The minimum Gasteiger partial charge on any atom is -0.463 e. The molecule has 2 rings (SSSR count). The lowest BCUT2D eigenvalue weighted by Crippen LogP contribution is -2.27. The van der Waals surface area contributed by atoms with Crippen molar-refractivity contribution < 1.29 is 19.0 Å². The number of hydrogen-bond donors (Lipinski definition) is 0. The van der Waals surface area contributed by atoms with Gasteiger partial charge < -0.3 is 14.2 Å². The van der Waals surface area contributed by atoms with Gasteiger partial charge in [-0.1, -0.05) is 30.0 Å². The van der Waals surface area contributed by atoms with Crippen LogP contribution in [0.25, 0.3) is 0 Å². The highest BCUT2D eigenvalue weighted by Crippen LogP contribution is 2.24. The Morgan fingerprint density at radius 1 is 1.35 bits per heavy atom. The molecule has 108 valence electrons. The van der Waals surface area contributed by atoms with Crippen LogP contribution in [-0.2, 0) is 19.0 Å². The standard InChI is InChI=1S/C15H18O4S/c1-11(16)17-10-15-14(18-12(2)19-15)8-9-20-13-6-4-3-5-7-13/h3-9,12,14-15H,10H2,1-2H3/b9-8+/t12-,14-,15+/m0/s1. The van der Waals surface area contributed by atoms with Crippen molar-refractivity contribution in [2.24, 2.45) is 0 Å². The van der Waals surface area contributed by atoms with E-state index in [2.05, 4.69) is 0 Å². The Morgan fingerprint density at radius 2 is 2.10 bits per heavy atom. The summed E-state index contributed by atoms with van der Waals surface area (Å²) in [5.74, 6) is -0.311. The summed E-state index contributed by atoms with van der Waals surface area (Å²) in [7, 11) is 0. The van der Waals surface area contributed by atoms with Crippen LogP contribution in [0.1, 0.15) is 13.8 Å². The Bertz CT molecular complexity index is 460. The molecule has 0 aromatic heterocycles. The summed E-state index contributed by atoms with van der Waals surface area (Å²) in [6.07, 6.45) is 1.21. The van der Waals surface area contributed by atoms with Gasteiger partial charge in [0.25, 0.3) is 0 Å². The molecule has 0 N–H and O–H groups in total. The molecule has 1 aliphatic heterocycles. The van der Waals surface area contributed by atoms with Crippen molar-refractivity contribution in [3.05, 3.63) is 41.8 Å². The smallest absolute Gasteiger partial charge is 0.302 e. The number of carbonyl (C=O) groups excluding carboxylic acids is 1. The molecule has 1 fully saturated rings. The number of carbonyl (C=O) groups is 1. The van der Waals surface area contributed by atoms with E-state index in [1.54, 1.807) is 11.8 Å². The molecule has 3 atom stereocenters. The first kappa shape index (κ1) is 15.1. The van der Waals surface area contributed by atoms with Gasteiger partial charge in [0.2, 0.25) is 0 Å². The quantitative estimate of drug-likeness (QED) is 0.617. The van der Waals surface area contributed by atoms with Crippen molar-refractivity contribution in [1.82, 2.24) is 0 Å². The van der Waals surface area contributed by atoms with Gasteiger partial charge >= 0.3 is 5.97 Å². The van der Waals surface area contributed by atoms with Crippen LogP contribution in [0.2, 0.25) is 0 Å². The number of benzene rings is 1. The highest BCUT2D eigenvalue weighted by atomic mass is 32.2. The molecule has 1 saturated heterocycles. The third kappa shape index (κ3) is 4.67. The highest BCUT2D eigenvalue weighted by Gasteiger charge is 2.32. The summed E-state index contributed by atoms with van der Waals surface area (Å²) in [6.45, 7) is 3.43. The van der Waals surface area contributed by atoms with Crippen molar-refractivity contribution in [3.63, 3.8) is 0 Å². The molecule has 20 heavy (non-hydrogen) atoms. The second-order valence-electron chi connectivity index (χ2n) is 4.40. The molecule has 0 aliphatic carbocycles. The predicted octanol–water partition coefficient (Wildman–Crippen LogP) is 2.99. The van der Waals surface area contributed by atoms with Crippen LogP contribution in [0.5, 0.6) is 0 Å². The largest absolute Gasteiger partial charge is 0.463 e. The number of rotatable bonds is 5. The Labute approximate surface area is 123 Å². The molecule has 1 heterocycles. The lowest BCUT2D eigenvalue weighted by molar-refractivity contribution is -0.145. The second kappa shape index (κ2) is 7.47. The minimum absolute atomic E-state index is 0.194. The maximum absolute atomic E-state index is 10.8. The van der Waals surface area contributed by atoms with E-state index < -0.39 is 0 Å². The van der Waals surface area contributed by atoms with Gasteiger partial charge in [-0.05, 0) is 30.5 Å². The highest BCUT2D eigenvalue weighted by molar-refractivity contribution is 8.02. The van der Waals surface area contributed by atoms with E-state index in [1.807, 2.05) is 48.7 Å². The van der Waals surface area contributed by atoms with E-state index in [4.69, 9.17) is 14.2 Å². The van der Waals surface area contributed by atoms with Crippen LogP contribution in [0.15, 0.2) is 46.7 Å². The van der Waals surface area contributed by atoms with Crippen molar-refractivity contribution in [3.8, 4) is 0 Å². The van der Waals surface area contributed by atoms with Crippen LogP contribution in [0, 0.1) is 0 Å². The first-order valence-electron chi connectivity index (χ1n) is 6.48. The lowest BCUT2D eigenvalue weighted by atomic mass is 10.2. The predicted molar refractivity (Wildman–Crippen MR) is 77.3 cm³/mol. The van der Waals surface area contributed by atoms with Gasteiger partial charge in [-0.3, -0.25) is 4.79 Å². The summed E-state index contributed by atoms with van der Waals surface area (Å²) >= 11 is 1.61. The van der Waals surface area contributed by atoms with Gasteiger partial charge in [0, 0.05) is 11.8 Å². The number of ether oxygens (including phenoxy) is 3. The second-order valence-corrected chi connectivity index (χ2v) is 5.38. The number of hydrogen-bond acceptors (Lipinski definition) is 5. The maximum atomic E-state index is 10.8. The zero-order valence-electron chi connectivity index (χ0n) is 11.5. The lowest BCUT2D eigenvalue weighted by Gasteiger charge is -2.12. The Kier molecular flexibility index (Phi) is 5.64. The molecular formula is C15H18O4S. The molecule has 0 radical (unpaired) electrons. The fraction of sp³-hybridized carbons (Fsp3) is 0.400. The molecular weight excluding hydrogens is 276 g/mol. The monoisotopic (exact) mass is 294 g/mol. The fourth-order valence-corrected chi connectivity index (χ4v) is 2.57. The molecule has 0 unspecified atom stereocenters. The zero-order valence-corrected chi connectivity index (χ0v) is 12.3. The molecule has 1 aliphatic rings. The third-order valence-electron chi connectivity index (χ3n) is 2.75. The average Bonchev–Trinajstić information content (AvgIpc) is 2.78. The summed E-state index contributed by atoms with van der Waals surface area (Å²) in [5.41, 5.74) is 0. The molecule has 1 aromatic rings. The zero-order chi connectivity index (χ0) is 14.4. The molecule has 0 bridgehead atoms. The van der Waals surface area contributed by atoms with E-state index in [9.17, 15) is 4.79 Å². The summed E-state index contributed by atoms with van der Waals surface area (Å²) in [6, 6.07) is 10.1. The van der Waals surface area contributed by atoms with E-state index in [-0.39, 0.29) is 31.1 Å². The van der Waals surface area contributed by atoms with E-state index in [0.29, 0.717) is 0 Å².